The van der Waals surface area contributed by atoms with Gasteiger partial charge in [0.25, 0.3) is 0 Å². The van der Waals surface area contributed by atoms with Crippen molar-refractivity contribution in [3.63, 3.8) is 0 Å². The second-order valence-electron chi connectivity index (χ2n) is 2.90. The molecule has 15 heavy (non-hydrogen) atoms. The maximum Gasteiger partial charge on any atom is 0.307 e. The summed E-state index contributed by atoms with van der Waals surface area (Å²) in [4.78, 5) is 14.9. The summed E-state index contributed by atoms with van der Waals surface area (Å²) < 4.78 is 30.4. The molecule has 0 saturated carbocycles. The number of pyridine rings is 1. The van der Waals surface area contributed by atoms with Crippen molar-refractivity contribution in [3.8, 4) is 5.75 Å². The molecule has 0 aliphatic carbocycles. The van der Waals surface area contributed by atoms with Crippen LogP contribution in [0.5, 0.6) is 5.75 Å². The summed E-state index contributed by atoms with van der Waals surface area (Å²) in [5, 5.41) is -0.291. The Bertz CT molecular complexity index is 390. The van der Waals surface area contributed by atoms with E-state index in [-0.39, 0.29) is 10.9 Å². The Morgan fingerprint density at radius 2 is 2.20 bits per heavy atom. The average molecular weight is 236 g/mol. The van der Waals surface area contributed by atoms with Gasteiger partial charge in [0.1, 0.15) is 16.5 Å². The molecule has 82 valence electrons. The van der Waals surface area contributed by atoms with Gasteiger partial charge in [-0.15, -0.1) is 0 Å². The van der Waals surface area contributed by atoms with Crippen LogP contribution in [0.4, 0.5) is 8.78 Å². The standard InChI is InChI=1S/C9H8ClF2NO2/c1-9(11,12)7(14)6-5(15-2)3-4-13-8(6)10/h3-4H,1-2H3. The monoisotopic (exact) mass is 235 g/mol. The van der Waals surface area contributed by atoms with Crippen LogP contribution in [0.25, 0.3) is 0 Å². The molecule has 1 aromatic rings. The third-order valence-electron chi connectivity index (χ3n) is 1.71. The first-order valence-electron chi connectivity index (χ1n) is 3.99. The average Bonchev–Trinajstić information content (AvgIpc) is 2.15. The van der Waals surface area contributed by atoms with Gasteiger partial charge in [-0.2, -0.15) is 8.78 Å². The Kier molecular flexibility index (Phi) is 3.24. The number of halogens is 3. The summed E-state index contributed by atoms with van der Waals surface area (Å²) in [5.41, 5.74) is -0.394. The maximum atomic E-state index is 12.8. The van der Waals surface area contributed by atoms with Gasteiger partial charge in [0.05, 0.1) is 7.11 Å². The van der Waals surface area contributed by atoms with Crippen molar-refractivity contribution in [2.75, 3.05) is 7.11 Å². The fourth-order valence-electron chi connectivity index (χ4n) is 1.02. The lowest BCUT2D eigenvalue weighted by atomic mass is 10.1. The van der Waals surface area contributed by atoms with Crippen molar-refractivity contribution in [2.45, 2.75) is 12.8 Å². The van der Waals surface area contributed by atoms with Gasteiger partial charge in [0.15, 0.2) is 0 Å². The predicted molar refractivity (Wildman–Crippen MR) is 50.8 cm³/mol. The van der Waals surface area contributed by atoms with Gasteiger partial charge in [0.2, 0.25) is 5.78 Å². The van der Waals surface area contributed by atoms with Gasteiger partial charge in [-0.3, -0.25) is 4.79 Å². The fraction of sp³-hybridized carbons (Fsp3) is 0.333. The van der Waals surface area contributed by atoms with Crippen LogP contribution in [-0.2, 0) is 0 Å². The molecule has 0 atom stereocenters. The van der Waals surface area contributed by atoms with Crippen LogP contribution >= 0.6 is 11.6 Å². The number of hydrogen-bond acceptors (Lipinski definition) is 3. The Balaban J connectivity index is 3.30. The van der Waals surface area contributed by atoms with Gasteiger partial charge in [-0.05, 0) is 6.07 Å². The van der Waals surface area contributed by atoms with Crippen LogP contribution in [0.1, 0.15) is 17.3 Å². The van der Waals surface area contributed by atoms with E-state index in [0.29, 0.717) is 6.92 Å². The van der Waals surface area contributed by atoms with Crippen LogP contribution in [-0.4, -0.2) is 23.8 Å². The molecule has 0 aromatic carbocycles. The van der Waals surface area contributed by atoms with E-state index in [1.165, 1.54) is 19.4 Å². The second-order valence-corrected chi connectivity index (χ2v) is 3.25. The van der Waals surface area contributed by atoms with E-state index < -0.39 is 17.3 Å². The lowest BCUT2D eigenvalue weighted by Crippen LogP contribution is -2.25. The lowest BCUT2D eigenvalue weighted by Gasteiger charge is -2.12. The third kappa shape index (κ3) is 2.41. The highest BCUT2D eigenvalue weighted by Gasteiger charge is 2.36. The summed E-state index contributed by atoms with van der Waals surface area (Å²) in [5.74, 6) is -4.92. The first kappa shape index (κ1) is 11.8. The molecule has 0 bridgehead atoms. The van der Waals surface area contributed by atoms with E-state index in [0.717, 1.165) is 0 Å². The van der Waals surface area contributed by atoms with Crippen molar-refractivity contribution in [1.82, 2.24) is 4.98 Å². The minimum Gasteiger partial charge on any atom is -0.496 e. The molecular weight excluding hydrogens is 228 g/mol. The Morgan fingerprint density at radius 1 is 1.60 bits per heavy atom. The molecular formula is C9H8ClF2NO2. The molecule has 0 N–H and O–H groups in total. The molecule has 0 radical (unpaired) electrons. The third-order valence-corrected chi connectivity index (χ3v) is 2.00. The molecule has 0 spiro atoms. The molecule has 3 nitrogen and oxygen atoms in total. The second kappa shape index (κ2) is 4.10. The SMILES string of the molecule is COc1ccnc(Cl)c1C(=O)C(C)(F)F. The van der Waals surface area contributed by atoms with E-state index in [9.17, 15) is 13.6 Å². The Labute approximate surface area is 90.0 Å². The molecule has 1 rings (SSSR count). The Hall–Kier alpha value is -1.23. The van der Waals surface area contributed by atoms with Crippen LogP contribution in [0.2, 0.25) is 5.15 Å². The molecule has 0 amide bonds. The van der Waals surface area contributed by atoms with Gasteiger partial charge in [-0.1, -0.05) is 11.6 Å². The zero-order chi connectivity index (χ0) is 11.6. The zero-order valence-electron chi connectivity index (χ0n) is 8.05. The smallest absolute Gasteiger partial charge is 0.307 e. The van der Waals surface area contributed by atoms with Crippen LogP contribution in [0.3, 0.4) is 0 Å². The zero-order valence-corrected chi connectivity index (χ0v) is 8.81. The highest BCUT2D eigenvalue weighted by molar-refractivity contribution is 6.33. The predicted octanol–water partition coefficient (Wildman–Crippen LogP) is 2.58. The van der Waals surface area contributed by atoms with Gasteiger partial charge < -0.3 is 4.74 Å². The number of rotatable bonds is 3. The molecule has 0 aliphatic rings. The number of hydrogen-bond donors (Lipinski definition) is 0. The number of Topliss-reactive ketones (excluding diaryl/α,β-unsaturated/α-hetero) is 1. The van der Waals surface area contributed by atoms with E-state index in [1.54, 1.807) is 0 Å². The number of ketones is 1. The topological polar surface area (TPSA) is 39.2 Å². The molecule has 1 aromatic heterocycles. The number of alkyl halides is 2. The number of carbonyl (C=O) groups excluding carboxylic acids is 1. The van der Waals surface area contributed by atoms with Gasteiger partial charge in [0, 0.05) is 13.1 Å². The summed E-state index contributed by atoms with van der Waals surface area (Å²) in [6, 6.07) is 1.30. The number of methoxy groups -OCH3 is 1. The summed E-state index contributed by atoms with van der Waals surface area (Å²) in [6.07, 6.45) is 1.27. The van der Waals surface area contributed by atoms with Gasteiger partial charge in [-0.25, -0.2) is 4.98 Å². The Morgan fingerprint density at radius 3 is 2.67 bits per heavy atom. The van der Waals surface area contributed by atoms with Crippen LogP contribution < -0.4 is 4.74 Å². The van der Waals surface area contributed by atoms with Crippen molar-refractivity contribution in [3.05, 3.63) is 23.0 Å². The summed E-state index contributed by atoms with van der Waals surface area (Å²) >= 11 is 5.56. The molecule has 6 heteroatoms. The number of nitrogens with zero attached hydrogens (tertiary/aromatic N) is 1. The number of aromatic nitrogens is 1. The van der Waals surface area contributed by atoms with Crippen molar-refractivity contribution >= 4 is 17.4 Å². The first-order valence-corrected chi connectivity index (χ1v) is 4.37. The minimum atomic E-state index is -3.50. The van der Waals surface area contributed by atoms with E-state index >= 15 is 0 Å². The van der Waals surface area contributed by atoms with Crippen molar-refractivity contribution in [1.29, 1.82) is 0 Å². The largest absolute Gasteiger partial charge is 0.496 e. The normalized spacial score (nSPS) is 11.3. The molecule has 1 heterocycles. The minimum absolute atomic E-state index is 0.0125. The molecule has 0 unspecified atom stereocenters. The molecule has 0 fully saturated rings. The van der Waals surface area contributed by atoms with E-state index in [4.69, 9.17) is 16.3 Å². The highest BCUT2D eigenvalue weighted by atomic mass is 35.5. The summed E-state index contributed by atoms with van der Waals surface area (Å²) in [6.45, 7) is 0.498. The molecule has 0 aliphatic heterocycles. The number of carbonyl (C=O) groups is 1. The van der Waals surface area contributed by atoms with E-state index in [1.807, 2.05) is 0 Å². The fourth-order valence-corrected chi connectivity index (χ4v) is 1.25. The maximum absolute atomic E-state index is 12.8. The molecule has 0 saturated heterocycles. The van der Waals surface area contributed by atoms with E-state index in [2.05, 4.69) is 4.98 Å². The summed E-state index contributed by atoms with van der Waals surface area (Å²) in [7, 11) is 1.26. The lowest BCUT2D eigenvalue weighted by molar-refractivity contribution is 0.0218. The highest BCUT2D eigenvalue weighted by Crippen LogP contribution is 2.30. The number of ether oxygens (including phenoxy) is 1. The quantitative estimate of drug-likeness (QED) is 0.597. The van der Waals surface area contributed by atoms with Crippen molar-refractivity contribution < 1.29 is 18.3 Å². The first-order chi connectivity index (χ1) is 6.88. The van der Waals surface area contributed by atoms with Crippen molar-refractivity contribution in [2.24, 2.45) is 0 Å². The van der Waals surface area contributed by atoms with Gasteiger partial charge >= 0.3 is 5.92 Å². The van der Waals surface area contributed by atoms with Crippen LogP contribution in [0.15, 0.2) is 12.3 Å². The van der Waals surface area contributed by atoms with Crippen LogP contribution in [0, 0.1) is 0 Å².